The standard InChI is InChI=1S/C14H30N2/c1-4-9-13(15)14(5-2)16(6-3)12-10-7-8-11-12/h12-14H,4-11,15H2,1-3H3. The maximum Gasteiger partial charge on any atom is 0.0247 e. The van der Waals surface area contributed by atoms with Gasteiger partial charge in [-0.25, -0.2) is 0 Å². The van der Waals surface area contributed by atoms with Crippen LogP contribution in [-0.4, -0.2) is 29.6 Å². The van der Waals surface area contributed by atoms with Crippen LogP contribution in [0.15, 0.2) is 0 Å². The van der Waals surface area contributed by atoms with E-state index >= 15 is 0 Å². The Morgan fingerprint density at radius 1 is 1.19 bits per heavy atom. The Labute approximate surface area is 102 Å². The molecule has 96 valence electrons. The molecule has 1 aliphatic carbocycles. The molecule has 0 bridgehead atoms. The molecule has 1 fully saturated rings. The van der Waals surface area contributed by atoms with Crippen LogP contribution in [0.2, 0.25) is 0 Å². The molecule has 0 amide bonds. The molecule has 0 aromatic heterocycles. The van der Waals surface area contributed by atoms with Crippen molar-refractivity contribution in [3.05, 3.63) is 0 Å². The minimum Gasteiger partial charge on any atom is -0.326 e. The third kappa shape index (κ3) is 3.46. The summed E-state index contributed by atoms with van der Waals surface area (Å²) in [7, 11) is 0. The maximum atomic E-state index is 6.34. The third-order valence-corrected chi connectivity index (χ3v) is 4.12. The zero-order chi connectivity index (χ0) is 12.0. The molecule has 1 saturated carbocycles. The van der Waals surface area contributed by atoms with Crippen molar-refractivity contribution in [1.29, 1.82) is 0 Å². The molecule has 0 aromatic rings. The van der Waals surface area contributed by atoms with Crippen LogP contribution in [-0.2, 0) is 0 Å². The van der Waals surface area contributed by atoms with Gasteiger partial charge in [0.2, 0.25) is 0 Å². The molecule has 0 spiro atoms. The Bertz CT molecular complexity index is 176. The lowest BCUT2D eigenvalue weighted by atomic mass is 9.98. The molecular weight excluding hydrogens is 196 g/mol. The van der Waals surface area contributed by atoms with Gasteiger partial charge in [0.25, 0.3) is 0 Å². The predicted octanol–water partition coefficient (Wildman–Crippen LogP) is 3.16. The van der Waals surface area contributed by atoms with E-state index < -0.39 is 0 Å². The van der Waals surface area contributed by atoms with Gasteiger partial charge >= 0.3 is 0 Å². The fraction of sp³-hybridized carbons (Fsp3) is 1.00. The number of rotatable bonds is 7. The minimum absolute atomic E-state index is 0.371. The zero-order valence-corrected chi connectivity index (χ0v) is 11.4. The number of nitrogens with zero attached hydrogens (tertiary/aromatic N) is 1. The molecule has 0 heterocycles. The molecule has 0 aliphatic heterocycles. The van der Waals surface area contributed by atoms with E-state index in [-0.39, 0.29) is 0 Å². The molecule has 1 aliphatic rings. The van der Waals surface area contributed by atoms with Crippen LogP contribution in [0.4, 0.5) is 0 Å². The van der Waals surface area contributed by atoms with Crippen LogP contribution in [0.5, 0.6) is 0 Å². The second-order valence-corrected chi connectivity index (χ2v) is 5.20. The molecule has 2 N–H and O–H groups in total. The second-order valence-electron chi connectivity index (χ2n) is 5.20. The highest BCUT2D eigenvalue weighted by atomic mass is 15.2. The Balaban J connectivity index is 2.58. The maximum absolute atomic E-state index is 6.34. The van der Waals surface area contributed by atoms with Crippen molar-refractivity contribution >= 4 is 0 Å². The molecule has 2 atom stereocenters. The summed E-state index contributed by atoms with van der Waals surface area (Å²) in [6, 6.07) is 1.79. The normalized spacial score (nSPS) is 21.6. The average molecular weight is 226 g/mol. The van der Waals surface area contributed by atoms with Crippen LogP contribution in [0.1, 0.15) is 65.7 Å². The molecule has 2 unspecified atom stereocenters. The van der Waals surface area contributed by atoms with Gasteiger partial charge in [-0.2, -0.15) is 0 Å². The van der Waals surface area contributed by atoms with Crippen molar-refractivity contribution in [3.63, 3.8) is 0 Å². The van der Waals surface area contributed by atoms with Gasteiger partial charge < -0.3 is 5.73 Å². The summed E-state index contributed by atoms with van der Waals surface area (Å²) in [6.07, 6.45) is 9.20. The largest absolute Gasteiger partial charge is 0.326 e. The topological polar surface area (TPSA) is 29.3 Å². The highest BCUT2D eigenvalue weighted by Crippen LogP contribution is 2.27. The van der Waals surface area contributed by atoms with Crippen molar-refractivity contribution in [2.75, 3.05) is 6.54 Å². The lowest BCUT2D eigenvalue weighted by molar-refractivity contribution is 0.116. The SMILES string of the molecule is CCCC(N)C(CC)N(CC)C1CCCC1. The van der Waals surface area contributed by atoms with E-state index in [1.807, 2.05) is 0 Å². The van der Waals surface area contributed by atoms with Gasteiger partial charge in [0.05, 0.1) is 0 Å². The quantitative estimate of drug-likeness (QED) is 0.722. The number of likely N-dealkylation sites (N-methyl/N-ethyl adjacent to an activating group) is 1. The van der Waals surface area contributed by atoms with E-state index in [0.717, 1.165) is 6.04 Å². The van der Waals surface area contributed by atoms with Crippen molar-refractivity contribution < 1.29 is 0 Å². The summed E-state index contributed by atoms with van der Waals surface area (Å²) >= 11 is 0. The smallest absolute Gasteiger partial charge is 0.0247 e. The Hall–Kier alpha value is -0.0800. The minimum atomic E-state index is 0.371. The summed E-state index contributed by atoms with van der Waals surface area (Å²) in [5.74, 6) is 0. The highest BCUT2D eigenvalue weighted by molar-refractivity contribution is 4.87. The van der Waals surface area contributed by atoms with Crippen LogP contribution in [0.25, 0.3) is 0 Å². The van der Waals surface area contributed by atoms with Gasteiger partial charge in [0.15, 0.2) is 0 Å². The molecule has 1 rings (SSSR count). The van der Waals surface area contributed by atoms with Gasteiger partial charge in [0.1, 0.15) is 0 Å². The van der Waals surface area contributed by atoms with Crippen molar-refractivity contribution in [1.82, 2.24) is 4.90 Å². The van der Waals surface area contributed by atoms with E-state index in [1.54, 1.807) is 0 Å². The second kappa shape index (κ2) is 7.29. The van der Waals surface area contributed by atoms with E-state index in [4.69, 9.17) is 5.73 Å². The van der Waals surface area contributed by atoms with Gasteiger partial charge in [-0.3, -0.25) is 4.90 Å². The monoisotopic (exact) mass is 226 g/mol. The van der Waals surface area contributed by atoms with Crippen LogP contribution >= 0.6 is 0 Å². The highest BCUT2D eigenvalue weighted by Gasteiger charge is 2.29. The number of hydrogen-bond acceptors (Lipinski definition) is 2. The molecule has 0 saturated heterocycles. The lowest BCUT2D eigenvalue weighted by Crippen LogP contribution is -2.51. The van der Waals surface area contributed by atoms with Gasteiger partial charge in [-0.05, 0) is 32.2 Å². The van der Waals surface area contributed by atoms with E-state index in [2.05, 4.69) is 25.7 Å². The zero-order valence-electron chi connectivity index (χ0n) is 11.4. The number of hydrogen-bond donors (Lipinski definition) is 1. The fourth-order valence-electron chi connectivity index (χ4n) is 3.31. The predicted molar refractivity (Wildman–Crippen MR) is 71.6 cm³/mol. The summed E-state index contributed by atoms with van der Waals surface area (Å²) in [5.41, 5.74) is 6.34. The Morgan fingerprint density at radius 3 is 2.25 bits per heavy atom. The van der Waals surface area contributed by atoms with Crippen molar-refractivity contribution in [2.45, 2.75) is 83.8 Å². The third-order valence-electron chi connectivity index (χ3n) is 4.12. The fourth-order valence-corrected chi connectivity index (χ4v) is 3.31. The van der Waals surface area contributed by atoms with Crippen LogP contribution in [0.3, 0.4) is 0 Å². The summed E-state index contributed by atoms with van der Waals surface area (Å²) in [5, 5.41) is 0. The first kappa shape index (κ1) is 14.0. The summed E-state index contributed by atoms with van der Waals surface area (Å²) in [4.78, 5) is 2.69. The van der Waals surface area contributed by atoms with Crippen molar-refractivity contribution in [3.8, 4) is 0 Å². The lowest BCUT2D eigenvalue weighted by Gasteiger charge is -2.38. The summed E-state index contributed by atoms with van der Waals surface area (Å²) in [6.45, 7) is 7.98. The summed E-state index contributed by atoms with van der Waals surface area (Å²) < 4.78 is 0. The van der Waals surface area contributed by atoms with Crippen LogP contribution in [0, 0.1) is 0 Å². The van der Waals surface area contributed by atoms with E-state index in [1.165, 1.54) is 51.5 Å². The molecule has 2 heteroatoms. The first-order valence-electron chi connectivity index (χ1n) is 7.25. The molecule has 0 aromatic carbocycles. The molecule has 2 nitrogen and oxygen atoms in total. The van der Waals surface area contributed by atoms with E-state index in [9.17, 15) is 0 Å². The molecular formula is C14H30N2. The van der Waals surface area contributed by atoms with Crippen molar-refractivity contribution in [2.24, 2.45) is 5.73 Å². The Kier molecular flexibility index (Phi) is 6.37. The van der Waals surface area contributed by atoms with Gasteiger partial charge in [0, 0.05) is 18.1 Å². The van der Waals surface area contributed by atoms with E-state index in [0.29, 0.717) is 12.1 Å². The number of nitrogens with two attached hydrogens (primary N) is 1. The molecule has 0 radical (unpaired) electrons. The van der Waals surface area contributed by atoms with Gasteiger partial charge in [-0.15, -0.1) is 0 Å². The van der Waals surface area contributed by atoms with Gasteiger partial charge in [-0.1, -0.05) is 40.0 Å². The first-order valence-corrected chi connectivity index (χ1v) is 7.25. The molecule has 16 heavy (non-hydrogen) atoms. The Morgan fingerprint density at radius 2 is 1.81 bits per heavy atom. The first-order chi connectivity index (χ1) is 7.74. The average Bonchev–Trinajstić information content (AvgIpc) is 2.79. The van der Waals surface area contributed by atoms with Crippen LogP contribution < -0.4 is 5.73 Å².